The van der Waals surface area contributed by atoms with Crippen molar-refractivity contribution in [2.24, 2.45) is 0 Å². The standard InChI is InChI=1S/C15H23NO2/c1-11-3-5-13(6-4-11)15(17)10-16-14-7-8-18-12(2)9-14/h3-6,12,14-17H,7-10H2,1-2H3/t12-,14+,15+/m0/s1. The van der Waals surface area contributed by atoms with Crippen molar-refractivity contribution in [3.05, 3.63) is 35.4 Å². The normalized spacial score (nSPS) is 25.9. The van der Waals surface area contributed by atoms with Crippen molar-refractivity contribution in [3.63, 3.8) is 0 Å². The predicted octanol–water partition coefficient (Wildman–Crippen LogP) is 2.19. The Morgan fingerprint density at radius 3 is 2.78 bits per heavy atom. The second kappa shape index (κ2) is 6.32. The highest BCUT2D eigenvalue weighted by molar-refractivity contribution is 5.23. The zero-order valence-corrected chi connectivity index (χ0v) is 11.2. The molecule has 0 aromatic heterocycles. The van der Waals surface area contributed by atoms with Crippen LogP contribution >= 0.6 is 0 Å². The number of nitrogens with one attached hydrogen (secondary N) is 1. The summed E-state index contributed by atoms with van der Waals surface area (Å²) in [4.78, 5) is 0. The first-order chi connectivity index (χ1) is 8.65. The van der Waals surface area contributed by atoms with Crippen LogP contribution in [0.1, 0.15) is 37.0 Å². The van der Waals surface area contributed by atoms with Crippen molar-refractivity contribution in [2.75, 3.05) is 13.2 Å². The van der Waals surface area contributed by atoms with Gasteiger partial charge in [0.2, 0.25) is 0 Å². The first-order valence-corrected chi connectivity index (χ1v) is 6.75. The molecule has 0 aliphatic carbocycles. The fourth-order valence-corrected chi connectivity index (χ4v) is 2.37. The third kappa shape index (κ3) is 3.80. The fourth-order valence-electron chi connectivity index (χ4n) is 2.37. The molecule has 2 N–H and O–H groups in total. The molecular formula is C15H23NO2. The zero-order valence-electron chi connectivity index (χ0n) is 11.2. The number of aliphatic hydroxyl groups is 1. The SMILES string of the molecule is Cc1ccc([C@H](O)CN[C@@H]2CCO[C@@H](C)C2)cc1. The number of rotatable bonds is 4. The van der Waals surface area contributed by atoms with E-state index < -0.39 is 6.10 Å². The Balaban J connectivity index is 1.80. The van der Waals surface area contributed by atoms with E-state index in [1.54, 1.807) is 0 Å². The monoisotopic (exact) mass is 249 g/mol. The number of ether oxygens (including phenoxy) is 1. The molecule has 0 amide bonds. The van der Waals surface area contributed by atoms with Crippen LogP contribution in [0.4, 0.5) is 0 Å². The summed E-state index contributed by atoms with van der Waals surface area (Å²) in [6.45, 7) is 5.59. The summed E-state index contributed by atoms with van der Waals surface area (Å²) >= 11 is 0. The maximum absolute atomic E-state index is 10.1. The van der Waals surface area contributed by atoms with Gasteiger partial charge in [-0.2, -0.15) is 0 Å². The summed E-state index contributed by atoms with van der Waals surface area (Å²) in [5, 5.41) is 13.5. The summed E-state index contributed by atoms with van der Waals surface area (Å²) in [6, 6.07) is 8.53. The molecule has 3 heteroatoms. The Morgan fingerprint density at radius 2 is 2.11 bits per heavy atom. The summed E-state index contributed by atoms with van der Waals surface area (Å²) in [5.74, 6) is 0. The summed E-state index contributed by atoms with van der Waals surface area (Å²) in [6.07, 6.45) is 1.96. The lowest BCUT2D eigenvalue weighted by Gasteiger charge is -2.28. The van der Waals surface area contributed by atoms with Crippen molar-refractivity contribution >= 4 is 0 Å². The average molecular weight is 249 g/mol. The molecule has 100 valence electrons. The molecule has 3 nitrogen and oxygen atoms in total. The Kier molecular flexibility index (Phi) is 4.75. The molecule has 0 radical (unpaired) electrons. The molecule has 18 heavy (non-hydrogen) atoms. The highest BCUT2D eigenvalue weighted by Gasteiger charge is 2.19. The maximum Gasteiger partial charge on any atom is 0.0914 e. The van der Waals surface area contributed by atoms with Crippen molar-refractivity contribution in [2.45, 2.75) is 44.9 Å². The van der Waals surface area contributed by atoms with Gasteiger partial charge in [0.15, 0.2) is 0 Å². The second-order valence-corrected chi connectivity index (χ2v) is 5.24. The molecule has 2 rings (SSSR count). The number of hydrogen-bond acceptors (Lipinski definition) is 3. The quantitative estimate of drug-likeness (QED) is 0.859. The fraction of sp³-hybridized carbons (Fsp3) is 0.600. The molecule has 1 saturated heterocycles. The Bertz CT molecular complexity index is 363. The van der Waals surface area contributed by atoms with E-state index in [4.69, 9.17) is 4.74 Å². The molecule has 0 saturated carbocycles. The summed E-state index contributed by atoms with van der Waals surface area (Å²) in [7, 11) is 0. The zero-order chi connectivity index (χ0) is 13.0. The van der Waals surface area contributed by atoms with Crippen LogP contribution in [0.15, 0.2) is 24.3 Å². The van der Waals surface area contributed by atoms with E-state index in [1.165, 1.54) is 5.56 Å². The van der Waals surface area contributed by atoms with E-state index in [0.717, 1.165) is 25.0 Å². The number of benzene rings is 1. The molecule has 0 bridgehead atoms. The van der Waals surface area contributed by atoms with E-state index in [-0.39, 0.29) is 0 Å². The van der Waals surface area contributed by atoms with Gasteiger partial charge in [0.05, 0.1) is 12.2 Å². The van der Waals surface area contributed by atoms with Gasteiger partial charge in [0.1, 0.15) is 0 Å². The van der Waals surface area contributed by atoms with Gasteiger partial charge in [-0.15, -0.1) is 0 Å². The lowest BCUT2D eigenvalue weighted by atomic mass is 10.0. The molecule has 1 aliphatic heterocycles. The van der Waals surface area contributed by atoms with Crippen molar-refractivity contribution < 1.29 is 9.84 Å². The minimum atomic E-state index is -0.427. The number of aryl methyl sites for hydroxylation is 1. The van der Waals surface area contributed by atoms with E-state index in [9.17, 15) is 5.11 Å². The largest absolute Gasteiger partial charge is 0.387 e. The summed E-state index contributed by atoms with van der Waals surface area (Å²) < 4.78 is 5.51. The Labute approximate surface area is 109 Å². The van der Waals surface area contributed by atoms with E-state index in [1.807, 2.05) is 24.3 Å². The van der Waals surface area contributed by atoms with Crippen LogP contribution in [0.2, 0.25) is 0 Å². The van der Waals surface area contributed by atoms with Gasteiger partial charge in [-0.1, -0.05) is 29.8 Å². The van der Waals surface area contributed by atoms with Gasteiger partial charge in [-0.05, 0) is 32.3 Å². The number of hydrogen-bond donors (Lipinski definition) is 2. The van der Waals surface area contributed by atoms with Crippen molar-refractivity contribution in [3.8, 4) is 0 Å². The van der Waals surface area contributed by atoms with E-state index in [2.05, 4.69) is 19.2 Å². The molecule has 1 heterocycles. The second-order valence-electron chi connectivity index (χ2n) is 5.24. The molecular weight excluding hydrogens is 226 g/mol. The molecule has 1 fully saturated rings. The van der Waals surface area contributed by atoms with Gasteiger partial charge in [-0.3, -0.25) is 0 Å². The van der Waals surface area contributed by atoms with Crippen LogP contribution < -0.4 is 5.32 Å². The smallest absolute Gasteiger partial charge is 0.0914 e. The van der Waals surface area contributed by atoms with Gasteiger partial charge >= 0.3 is 0 Å². The minimum Gasteiger partial charge on any atom is -0.387 e. The van der Waals surface area contributed by atoms with Gasteiger partial charge in [0, 0.05) is 19.2 Å². The molecule has 1 aromatic carbocycles. The van der Waals surface area contributed by atoms with Crippen LogP contribution in [0.3, 0.4) is 0 Å². The molecule has 0 spiro atoms. The maximum atomic E-state index is 10.1. The molecule has 1 aromatic rings. The highest BCUT2D eigenvalue weighted by Crippen LogP contribution is 2.16. The van der Waals surface area contributed by atoms with E-state index in [0.29, 0.717) is 18.7 Å². The number of aliphatic hydroxyl groups excluding tert-OH is 1. The third-order valence-electron chi connectivity index (χ3n) is 3.55. The topological polar surface area (TPSA) is 41.5 Å². The third-order valence-corrected chi connectivity index (χ3v) is 3.55. The molecule has 1 aliphatic rings. The van der Waals surface area contributed by atoms with Crippen LogP contribution in [-0.2, 0) is 4.74 Å². The first-order valence-electron chi connectivity index (χ1n) is 6.75. The van der Waals surface area contributed by atoms with Crippen LogP contribution in [-0.4, -0.2) is 30.4 Å². The van der Waals surface area contributed by atoms with Crippen LogP contribution in [0.5, 0.6) is 0 Å². The highest BCUT2D eigenvalue weighted by atomic mass is 16.5. The van der Waals surface area contributed by atoms with Crippen molar-refractivity contribution in [1.29, 1.82) is 0 Å². The lowest BCUT2D eigenvalue weighted by molar-refractivity contribution is 0.0109. The van der Waals surface area contributed by atoms with Gasteiger partial charge < -0.3 is 15.2 Å². The van der Waals surface area contributed by atoms with Gasteiger partial charge in [0.25, 0.3) is 0 Å². The summed E-state index contributed by atoms with van der Waals surface area (Å²) in [5.41, 5.74) is 2.20. The Hall–Kier alpha value is -0.900. The van der Waals surface area contributed by atoms with Gasteiger partial charge in [-0.25, -0.2) is 0 Å². The first kappa shape index (κ1) is 13.5. The lowest BCUT2D eigenvalue weighted by Crippen LogP contribution is -2.39. The van der Waals surface area contributed by atoms with E-state index >= 15 is 0 Å². The average Bonchev–Trinajstić information content (AvgIpc) is 2.37. The predicted molar refractivity (Wildman–Crippen MR) is 72.6 cm³/mol. The minimum absolute atomic E-state index is 0.327. The van der Waals surface area contributed by atoms with Crippen LogP contribution in [0, 0.1) is 6.92 Å². The molecule has 3 atom stereocenters. The Morgan fingerprint density at radius 1 is 1.39 bits per heavy atom. The van der Waals surface area contributed by atoms with Crippen molar-refractivity contribution in [1.82, 2.24) is 5.32 Å². The molecule has 0 unspecified atom stereocenters. The van der Waals surface area contributed by atoms with Crippen LogP contribution in [0.25, 0.3) is 0 Å².